The zero-order chi connectivity index (χ0) is 17.3. The maximum absolute atomic E-state index is 5.46. The van der Waals surface area contributed by atoms with E-state index < -0.39 is 0 Å². The van der Waals surface area contributed by atoms with Gasteiger partial charge in [0.25, 0.3) is 0 Å². The Labute approximate surface area is 151 Å². The van der Waals surface area contributed by atoms with Gasteiger partial charge in [0.15, 0.2) is 5.82 Å². The van der Waals surface area contributed by atoms with E-state index in [1.165, 1.54) is 5.56 Å². The van der Waals surface area contributed by atoms with Crippen molar-refractivity contribution in [1.82, 2.24) is 24.7 Å². The van der Waals surface area contributed by atoms with E-state index in [0.717, 1.165) is 61.4 Å². The number of anilines is 1. The maximum atomic E-state index is 5.46. The quantitative estimate of drug-likeness (QED) is 0.718. The van der Waals surface area contributed by atoms with Gasteiger partial charge >= 0.3 is 0 Å². The van der Waals surface area contributed by atoms with Crippen LogP contribution in [-0.4, -0.2) is 37.9 Å². The van der Waals surface area contributed by atoms with E-state index in [2.05, 4.69) is 48.9 Å². The number of hydrogen-bond donors (Lipinski definition) is 0. The molecule has 2 aromatic heterocycles. The predicted molar refractivity (Wildman–Crippen MR) is 95.7 cm³/mol. The minimum Gasteiger partial charge on any atom is -0.376 e. The lowest BCUT2D eigenvalue weighted by molar-refractivity contribution is 0.109. The van der Waals surface area contributed by atoms with Crippen LogP contribution in [0.4, 0.5) is 5.95 Å². The molecule has 0 saturated carbocycles. The van der Waals surface area contributed by atoms with Crippen LogP contribution in [0.1, 0.15) is 28.5 Å². The summed E-state index contributed by atoms with van der Waals surface area (Å²) in [5.41, 5.74) is 3.47. The third kappa shape index (κ3) is 2.84. The topological polar surface area (TPSA) is 69.0 Å². The SMILES string of the molecule is c1ccc(Cc2nnc3n2CCN(c2ncc4c(n2)CCOC4)C3)cc1. The Morgan fingerprint density at radius 1 is 1.08 bits per heavy atom. The fourth-order valence-electron chi connectivity index (χ4n) is 3.57. The van der Waals surface area contributed by atoms with Crippen LogP contribution >= 0.6 is 0 Å². The predicted octanol–water partition coefficient (Wildman–Crippen LogP) is 1.75. The third-order valence-electron chi connectivity index (χ3n) is 5.00. The summed E-state index contributed by atoms with van der Waals surface area (Å²) in [5, 5.41) is 8.83. The minimum atomic E-state index is 0.618. The summed E-state index contributed by atoms with van der Waals surface area (Å²) in [4.78, 5) is 11.5. The number of hydrogen-bond acceptors (Lipinski definition) is 6. The van der Waals surface area contributed by atoms with E-state index in [9.17, 15) is 0 Å². The van der Waals surface area contributed by atoms with Crippen LogP contribution in [0.15, 0.2) is 36.5 Å². The van der Waals surface area contributed by atoms with Crippen molar-refractivity contribution in [2.45, 2.75) is 32.5 Å². The van der Waals surface area contributed by atoms with E-state index in [1.54, 1.807) is 0 Å². The van der Waals surface area contributed by atoms with Crippen LogP contribution in [0.2, 0.25) is 0 Å². The highest BCUT2D eigenvalue weighted by Gasteiger charge is 2.24. The van der Waals surface area contributed by atoms with Gasteiger partial charge in [-0.05, 0) is 5.56 Å². The second-order valence-corrected chi connectivity index (χ2v) is 6.71. The Balaban J connectivity index is 1.36. The number of ether oxygens (including phenoxy) is 1. The summed E-state index contributed by atoms with van der Waals surface area (Å²) in [6.45, 7) is 3.76. The van der Waals surface area contributed by atoms with Crippen molar-refractivity contribution in [2.75, 3.05) is 18.1 Å². The lowest BCUT2D eigenvalue weighted by atomic mass is 10.1. The smallest absolute Gasteiger partial charge is 0.226 e. The summed E-state index contributed by atoms with van der Waals surface area (Å²) < 4.78 is 7.70. The van der Waals surface area contributed by atoms with Crippen LogP contribution in [0.25, 0.3) is 0 Å². The van der Waals surface area contributed by atoms with E-state index in [4.69, 9.17) is 9.72 Å². The highest BCUT2D eigenvalue weighted by molar-refractivity contribution is 5.35. The zero-order valence-electron chi connectivity index (χ0n) is 14.5. The van der Waals surface area contributed by atoms with Crippen LogP contribution in [0.5, 0.6) is 0 Å². The average Bonchev–Trinajstić information content (AvgIpc) is 3.10. The van der Waals surface area contributed by atoms with E-state index in [1.807, 2.05) is 12.3 Å². The fourth-order valence-corrected chi connectivity index (χ4v) is 3.57. The molecule has 7 nitrogen and oxygen atoms in total. The Kier molecular flexibility index (Phi) is 3.86. The van der Waals surface area contributed by atoms with E-state index in [0.29, 0.717) is 13.2 Å². The van der Waals surface area contributed by atoms with Gasteiger partial charge in [-0.25, -0.2) is 9.97 Å². The second kappa shape index (κ2) is 6.49. The molecule has 2 aliphatic rings. The molecule has 0 bridgehead atoms. The molecule has 0 saturated heterocycles. The van der Waals surface area contributed by atoms with Gasteiger partial charge in [0.1, 0.15) is 5.82 Å². The molecule has 0 amide bonds. The molecule has 7 heteroatoms. The van der Waals surface area contributed by atoms with E-state index in [-0.39, 0.29) is 0 Å². The normalized spacial score (nSPS) is 16.2. The third-order valence-corrected chi connectivity index (χ3v) is 5.00. The van der Waals surface area contributed by atoms with Crippen molar-refractivity contribution in [2.24, 2.45) is 0 Å². The van der Waals surface area contributed by atoms with Crippen molar-refractivity contribution >= 4 is 5.95 Å². The van der Waals surface area contributed by atoms with Crippen molar-refractivity contribution in [3.8, 4) is 0 Å². The molecule has 5 rings (SSSR count). The molecule has 3 aromatic rings. The van der Waals surface area contributed by atoms with Crippen LogP contribution < -0.4 is 4.90 Å². The van der Waals surface area contributed by atoms with Gasteiger partial charge in [-0.1, -0.05) is 30.3 Å². The Morgan fingerprint density at radius 2 is 2.00 bits per heavy atom. The number of rotatable bonds is 3. The summed E-state index contributed by atoms with van der Waals surface area (Å²) in [6, 6.07) is 10.4. The first kappa shape index (κ1) is 15.5. The van der Waals surface area contributed by atoms with Gasteiger partial charge in [0.05, 0.1) is 25.5 Å². The Hall–Kier alpha value is -2.80. The average molecular weight is 348 g/mol. The van der Waals surface area contributed by atoms with Crippen LogP contribution in [-0.2, 0) is 37.3 Å². The molecule has 0 radical (unpaired) electrons. The van der Waals surface area contributed by atoms with Gasteiger partial charge in [0, 0.05) is 37.7 Å². The molecular weight excluding hydrogens is 328 g/mol. The van der Waals surface area contributed by atoms with Crippen molar-refractivity contribution in [3.05, 3.63) is 65.0 Å². The van der Waals surface area contributed by atoms with Crippen LogP contribution in [0, 0.1) is 0 Å². The minimum absolute atomic E-state index is 0.618. The molecule has 0 N–H and O–H groups in total. The number of benzene rings is 1. The molecular formula is C19H20N6O. The van der Waals surface area contributed by atoms with Gasteiger partial charge in [-0.3, -0.25) is 0 Å². The maximum Gasteiger partial charge on any atom is 0.226 e. The first-order valence-electron chi connectivity index (χ1n) is 8.99. The van der Waals surface area contributed by atoms with Crippen molar-refractivity contribution in [3.63, 3.8) is 0 Å². The molecule has 4 heterocycles. The molecule has 0 fully saturated rings. The Morgan fingerprint density at radius 3 is 2.92 bits per heavy atom. The molecule has 0 spiro atoms. The monoisotopic (exact) mass is 348 g/mol. The fraction of sp³-hybridized carbons (Fsp3) is 0.368. The number of aromatic nitrogens is 5. The molecule has 0 aliphatic carbocycles. The lowest BCUT2D eigenvalue weighted by Crippen LogP contribution is -2.36. The largest absolute Gasteiger partial charge is 0.376 e. The zero-order valence-corrected chi connectivity index (χ0v) is 14.5. The van der Waals surface area contributed by atoms with Gasteiger partial charge in [-0.2, -0.15) is 0 Å². The second-order valence-electron chi connectivity index (χ2n) is 6.71. The van der Waals surface area contributed by atoms with E-state index >= 15 is 0 Å². The van der Waals surface area contributed by atoms with Crippen LogP contribution in [0.3, 0.4) is 0 Å². The number of fused-ring (bicyclic) bond motifs is 2. The van der Waals surface area contributed by atoms with Gasteiger partial charge in [-0.15, -0.1) is 10.2 Å². The summed E-state index contributed by atoms with van der Waals surface area (Å²) in [7, 11) is 0. The molecule has 132 valence electrons. The highest BCUT2D eigenvalue weighted by Crippen LogP contribution is 2.21. The summed E-state index contributed by atoms with van der Waals surface area (Å²) >= 11 is 0. The number of nitrogens with zero attached hydrogens (tertiary/aromatic N) is 6. The lowest BCUT2D eigenvalue weighted by Gasteiger charge is -2.28. The first-order valence-corrected chi connectivity index (χ1v) is 8.99. The van der Waals surface area contributed by atoms with Gasteiger partial charge in [0.2, 0.25) is 5.95 Å². The first-order chi connectivity index (χ1) is 12.9. The molecule has 0 unspecified atom stereocenters. The molecule has 26 heavy (non-hydrogen) atoms. The molecule has 1 aromatic carbocycles. The summed E-state index contributed by atoms with van der Waals surface area (Å²) in [5.74, 6) is 2.78. The van der Waals surface area contributed by atoms with Gasteiger partial charge < -0.3 is 14.2 Å². The molecule has 2 aliphatic heterocycles. The van der Waals surface area contributed by atoms with Crippen molar-refractivity contribution < 1.29 is 4.74 Å². The Bertz CT molecular complexity index is 923. The molecule has 0 atom stereocenters. The standard InChI is InChI=1S/C19H20N6O/c1-2-4-14(5-3-1)10-17-22-23-18-12-24(7-8-25(17)18)19-20-11-15-13-26-9-6-16(15)21-19/h1-5,11H,6-10,12-13H2. The highest BCUT2D eigenvalue weighted by atomic mass is 16.5. The van der Waals surface area contributed by atoms with Crippen molar-refractivity contribution in [1.29, 1.82) is 0 Å². The summed E-state index contributed by atoms with van der Waals surface area (Å²) in [6.07, 6.45) is 3.57.